The molecule has 0 aliphatic carbocycles. The van der Waals surface area contributed by atoms with Crippen molar-refractivity contribution in [3.8, 4) is 11.8 Å². The van der Waals surface area contributed by atoms with E-state index in [-0.39, 0.29) is 22.8 Å². The van der Waals surface area contributed by atoms with Gasteiger partial charge < -0.3 is 20.2 Å². The Labute approximate surface area is 149 Å². The van der Waals surface area contributed by atoms with E-state index in [1.54, 1.807) is 25.1 Å². The fourth-order valence-electron chi connectivity index (χ4n) is 3.39. The highest BCUT2D eigenvalue weighted by Crippen LogP contribution is 2.52. The molecule has 3 heterocycles. The Balaban J connectivity index is 2.22. The zero-order valence-corrected chi connectivity index (χ0v) is 14.4. The summed E-state index contributed by atoms with van der Waals surface area (Å²) in [6.45, 7) is 1.58. The van der Waals surface area contributed by atoms with Crippen LogP contribution in [0.25, 0.3) is 0 Å². The molecule has 0 fully saturated rings. The fourth-order valence-corrected chi connectivity index (χ4v) is 3.75. The molecule has 0 bridgehead atoms. The van der Waals surface area contributed by atoms with Crippen molar-refractivity contribution >= 4 is 27.5 Å². The van der Waals surface area contributed by atoms with Crippen LogP contribution in [0.1, 0.15) is 16.9 Å². The molecule has 124 valence electrons. The Morgan fingerprint density at radius 3 is 2.80 bits per heavy atom. The first-order chi connectivity index (χ1) is 11.9. The van der Waals surface area contributed by atoms with Gasteiger partial charge in [-0.15, -0.1) is 0 Å². The molecule has 0 saturated heterocycles. The number of nitrogens with two attached hydrogens (primary N) is 1. The van der Waals surface area contributed by atoms with Crippen molar-refractivity contribution in [3.63, 3.8) is 0 Å². The number of hydrogen-bond donors (Lipinski definition) is 2. The maximum absolute atomic E-state index is 13.0. The highest BCUT2D eigenvalue weighted by atomic mass is 79.9. The van der Waals surface area contributed by atoms with Crippen LogP contribution in [-0.4, -0.2) is 5.91 Å². The third-order valence-corrected chi connectivity index (χ3v) is 4.83. The number of nitriles is 1. The monoisotopic (exact) mass is 399 g/mol. The molecule has 2 aliphatic rings. The summed E-state index contributed by atoms with van der Waals surface area (Å²) in [6, 6.07) is 8.51. The van der Waals surface area contributed by atoms with Gasteiger partial charge in [-0.25, -0.2) is 4.79 Å². The minimum absolute atomic E-state index is 0.0572. The first-order valence-corrected chi connectivity index (χ1v) is 8.03. The average Bonchev–Trinajstić information content (AvgIpc) is 2.80. The zero-order valence-electron chi connectivity index (χ0n) is 12.8. The van der Waals surface area contributed by atoms with E-state index in [1.165, 1.54) is 6.07 Å². The molecular formula is C17H10BrN3O4. The van der Waals surface area contributed by atoms with E-state index in [2.05, 4.69) is 21.2 Å². The third kappa shape index (κ3) is 1.84. The average molecular weight is 400 g/mol. The number of aryl methyl sites for hydroxylation is 1. The lowest BCUT2D eigenvalue weighted by atomic mass is 9.69. The van der Waals surface area contributed by atoms with Crippen molar-refractivity contribution in [1.29, 1.82) is 5.26 Å². The fraction of sp³-hybridized carbons (Fsp3) is 0.118. The third-order valence-electron chi connectivity index (χ3n) is 4.34. The van der Waals surface area contributed by atoms with E-state index < -0.39 is 16.9 Å². The number of benzene rings is 1. The van der Waals surface area contributed by atoms with Gasteiger partial charge in [0.15, 0.2) is 5.41 Å². The van der Waals surface area contributed by atoms with Crippen LogP contribution >= 0.6 is 15.9 Å². The SMILES string of the molecule is Cc1cc2c(c(=O)o1)[C@@]1(C(=O)Nc3ccc(Br)cc31)C(C#N)=C(N)O2. The van der Waals surface area contributed by atoms with Crippen molar-refractivity contribution in [3.05, 3.63) is 67.5 Å². The predicted octanol–water partition coefficient (Wildman–Crippen LogP) is 2.04. The minimum atomic E-state index is -1.71. The van der Waals surface area contributed by atoms with Crippen molar-refractivity contribution in [1.82, 2.24) is 0 Å². The number of anilines is 1. The number of carbonyl (C=O) groups is 1. The Morgan fingerprint density at radius 1 is 1.32 bits per heavy atom. The van der Waals surface area contributed by atoms with Gasteiger partial charge in [0.2, 0.25) is 11.8 Å². The summed E-state index contributed by atoms with van der Waals surface area (Å²) < 4.78 is 11.3. The maximum atomic E-state index is 13.0. The first-order valence-electron chi connectivity index (χ1n) is 7.24. The molecule has 1 aromatic carbocycles. The van der Waals surface area contributed by atoms with Crippen LogP contribution in [0.4, 0.5) is 5.69 Å². The summed E-state index contributed by atoms with van der Waals surface area (Å²) in [5.74, 6) is -0.364. The van der Waals surface area contributed by atoms with Gasteiger partial charge in [-0.2, -0.15) is 5.26 Å². The molecule has 25 heavy (non-hydrogen) atoms. The second-order valence-electron chi connectivity index (χ2n) is 5.73. The molecule has 3 N–H and O–H groups in total. The first kappa shape index (κ1) is 15.5. The van der Waals surface area contributed by atoms with E-state index in [1.807, 2.05) is 6.07 Å². The number of hydrogen-bond acceptors (Lipinski definition) is 6. The van der Waals surface area contributed by atoms with Gasteiger partial charge in [0.25, 0.3) is 0 Å². The molecule has 4 rings (SSSR count). The molecule has 7 nitrogen and oxygen atoms in total. The topological polar surface area (TPSA) is 118 Å². The number of halogens is 1. The Hall–Kier alpha value is -3.05. The van der Waals surface area contributed by atoms with Gasteiger partial charge in [-0.1, -0.05) is 15.9 Å². The molecule has 2 aromatic rings. The van der Waals surface area contributed by atoms with Crippen molar-refractivity contribution in [2.24, 2.45) is 5.73 Å². The highest BCUT2D eigenvalue weighted by Gasteiger charge is 2.58. The molecule has 2 aliphatic heterocycles. The van der Waals surface area contributed by atoms with E-state index in [9.17, 15) is 14.9 Å². The normalized spacial score (nSPS) is 20.6. The summed E-state index contributed by atoms with van der Waals surface area (Å²) in [7, 11) is 0. The van der Waals surface area contributed by atoms with Crippen LogP contribution < -0.4 is 21.4 Å². The summed E-state index contributed by atoms with van der Waals surface area (Å²) in [5.41, 5.74) is 4.19. The number of amides is 1. The number of carbonyl (C=O) groups excluding carboxylic acids is 1. The van der Waals surface area contributed by atoms with Gasteiger partial charge in [-0.3, -0.25) is 4.79 Å². The number of nitrogens with zero attached hydrogens (tertiary/aromatic N) is 1. The van der Waals surface area contributed by atoms with E-state index in [0.29, 0.717) is 21.5 Å². The van der Waals surface area contributed by atoms with Gasteiger partial charge in [-0.05, 0) is 25.1 Å². The summed E-state index contributed by atoms with van der Waals surface area (Å²) >= 11 is 3.36. The molecule has 8 heteroatoms. The molecule has 1 atom stereocenters. The Kier molecular flexibility index (Phi) is 3.08. The lowest BCUT2D eigenvalue weighted by Gasteiger charge is -2.32. The largest absolute Gasteiger partial charge is 0.440 e. The summed E-state index contributed by atoms with van der Waals surface area (Å²) in [5, 5.41) is 12.4. The summed E-state index contributed by atoms with van der Waals surface area (Å²) in [6.07, 6.45) is 0. The molecular weight excluding hydrogens is 390 g/mol. The standard InChI is InChI=1S/C17H10BrN3O4/c1-7-4-12-13(15(22)24-7)17(10(6-19)14(20)25-12)9-5-8(18)2-3-11(9)21-16(17)23/h2-5H,20H2,1H3,(H,21,23)/t17-/m0/s1. The predicted molar refractivity (Wildman–Crippen MR) is 90.7 cm³/mol. The van der Waals surface area contributed by atoms with Crippen LogP contribution in [0.5, 0.6) is 5.75 Å². The molecule has 1 aromatic heterocycles. The lowest BCUT2D eigenvalue weighted by Crippen LogP contribution is -2.45. The number of rotatable bonds is 0. The van der Waals surface area contributed by atoms with Gasteiger partial charge in [0, 0.05) is 21.8 Å². The van der Waals surface area contributed by atoms with Crippen LogP contribution in [0.15, 0.2) is 49.4 Å². The summed E-state index contributed by atoms with van der Waals surface area (Å²) in [4.78, 5) is 25.7. The highest BCUT2D eigenvalue weighted by molar-refractivity contribution is 9.10. The smallest absolute Gasteiger partial charge is 0.344 e. The van der Waals surface area contributed by atoms with E-state index in [0.717, 1.165) is 0 Å². The van der Waals surface area contributed by atoms with Crippen LogP contribution in [0, 0.1) is 18.3 Å². The number of ether oxygens (including phenoxy) is 1. The quantitative estimate of drug-likeness (QED) is 0.699. The maximum Gasteiger partial charge on any atom is 0.344 e. The van der Waals surface area contributed by atoms with Crippen LogP contribution in [0.3, 0.4) is 0 Å². The molecule has 0 unspecified atom stereocenters. The lowest BCUT2D eigenvalue weighted by molar-refractivity contribution is -0.118. The van der Waals surface area contributed by atoms with Crippen molar-refractivity contribution in [2.75, 3.05) is 5.32 Å². The zero-order chi connectivity index (χ0) is 17.9. The van der Waals surface area contributed by atoms with Crippen LogP contribution in [0.2, 0.25) is 0 Å². The second-order valence-corrected chi connectivity index (χ2v) is 6.65. The van der Waals surface area contributed by atoms with Gasteiger partial charge in [0.05, 0.1) is 0 Å². The van der Waals surface area contributed by atoms with Crippen molar-refractivity contribution in [2.45, 2.75) is 12.3 Å². The second kappa shape index (κ2) is 4.97. The Bertz CT molecular complexity index is 1100. The molecule has 1 amide bonds. The molecule has 0 saturated carbocycles. The van der Waals surface area contributed by atoms with Crippen LogP contribution in [-0.2, 0) is 10.2 Å². The van der Waals surface area contributed by atoms with E-state index in [4.69, 9.17) is 14.9 Å². The van der Waals surface area contributed by atoms with Gasteiger partial charge >= 0.3 is 5.63 Å². The molecule has 0 radical (unpaired) electrons. The minimum Gasteiger partial charge on any atom is -0.440 e. The molecule has 1 spiro atoms. The van der Waals surface area contributed by atoms with Crippen molar-refractivity contribution < 1.29 is 13.9 Å². The number of nitrogens with one attached hydrogen (secondary N) is 1. The van der Waals surface area contributed by atoms with E-state index >= 15 is 0 Å². The number of fused-ring (bicyclic) bond motifs is 4. The Morgan fingerprint density at radius 2 is 2.08 bits per heavy atom. The van der Waals surface area contributed by atoms with Gasteiger partial charge in [0.1, 0.15) is 28.7 Å².